The molecule has 1 aliphatic heterocycles. The number of nitro groups is 1. The summed E-state index contributed by atoms with van der Waals surface area (Å²) in [6.07, 6.45) is 0.832. The second-order valence-electron chi connectivity index (χ2n) is 5.32. The van der Waals surface area contributed by atoms with Gasteiger partial charge in [0.1, 0.15) is 5.69 Å². The van der Waals surface area contributed by atoms with Crippen molar-refractivity contribution >= 4 is 32.9 Å². The van der Waals surface area contributed by atoms with E-state index in [9.17, 15) is 10.1 Å². The molecular formula is C13H15N3O3S. The van der Waals surface area contributed by atoms with E-state index in [1.54, 1.807) is 12.1 Å². The molecule has 6 nitrogen and oxygen atoms in total. The molecule has 1 unspecified atom stereocenters. The van der Waals surface area contributed by atoms with Gasteiger partial charge >= 0.3 is 0 Å². The molecule has 1 N–H and O–H groups in total. The van der Waals surface area contributed by atoms with Gasteiger partial charge in [0, 0.05) is 12.7 Å². The van der Waals surface area contributed by atoms with Crippen molar-refractivity contribution in [1.82, 2.24) is 4.98 Å². The van der Waals surface area contributed by atoms with Crippen LogP contribution in [0.5, 0.6) is 0 Å². The number of nitrogens with one attached hydrogen (secondary N) is 1. The van der Waals surface area contributed by atoms with Crippen LogP contribution in [-0.2, 0) is 4.74 Å². The molecule has 3 rings (SSSR count). The van der Waals surface area contributed by atoms with E-state index in [2.05, 4.69) is 10.3 Å². The first-order valence-corrected chi connectivity index (χ1v) is 7.20. The number of nitrogens with zero attached hydrogens (tertiary/aromatic N) is 2. The highest BCUT2D eigenvalue weighted by atomic mass is 32.1. The van der Waals surface area contributed by atoms with Crippen LogP contribution in [0.15, 0.2) is 12.1 Å². The molecule has 2 aromatic rings. The summed E-state index contributed by atoms with van der Waals surface area (Å²) in [5.74, 6) is 0. The summed E-state index contributed by atoms with van der Waals surface area (Å²) in [5, 5.41) is 15.4. The van der Waals surface area contributed by atoms with Crippen LogP contribution in [0, 0.1) is 17.0 Å². The Morgan fingerprint density at radius 2 is 2.35 bits per heavy atom. The van der Waals surface area contributed by atoms with Crippen molar-refractivity contribution in [2.75, 3.05) is 18.5 Å². The molecule has 1 saturated heterocycles. The molecule has 0 bridgehead atoms. The number of aromatic nitrogens is 1. The number of benzene rings is 1. The number of hydrogen-bond donors (Lipinski definition) is 1. The van der Waals surface area contributed by atoms with Crippen molar-refractivity contribution in [3.63, 3.8) is 0 Å². The first-order valence-electron chi connectivity index (χ1n) is 6.38. The summed E-state index contributed by atoms with van der Waals surface area (Å²) in [6.45, 7) is 5.14. The van der Waals surface area contributed by atoms with Crippen LogP contribution in [0.4, 0.5) is 11.4 Å². The number of fused-ring (bicyclic) bond motifs is 1. The zero-order valence-corrected chi connectivity index (χ0v) is 12.1. The summed E-state index contributed by atoms with van der Waals surface area (Å²) in [4.78, 5) is 15.3. The van der Waals surface area contributed by atoms with Crippen molar-refractivity contribution in [3.05, 3.63) is 27.3 Å². The summed E-state index contributed by atoms with van der Waals surface area (Å²) in [6, 6.07) is 3.36. The second-order valence-corrected chi connectivity index (χ2v) is 6.55. The summed E-state index contributed by atoms with van der Waals surface area (Å²) in [7, 11) is 0. The quantitative estimate of drug-likeness (QED) is 0.695. The first-order chi connectivity index (χ1) is 9.47. The Bertz CT molecular complexity index is 677. The molecule has 7 heteroatoms. The molecule has 1 aliphatic rings. The normalized spacial score (nSPS) is 22.3. The van der Waals surface area contributed by atoms with Crippen molar-refractivity contribution in [1.29, 1.82) is 0 Å². The summed E-state index contributed by atoms with van der Waals surface area (Å²) < 4.78 is 6.22. The number of hydrogen-bond acceptors (Lipinski definition) is 6. The van der Waals surface area contributed by atoms with Gasteiger partial charge in [0.05, 0.1) is 32.3 Å². The Hall–Kier alpha value is -1.73. The van der Waals surface area contributed by atoms with E-state index in [1.807, 2.05) is 13.8 Å². The highest BCUT2D eigenvalue weighted by Crippen LogP contribution is 2.35. The minimum atomic E-state index is -0.351. The third-order valence-corrected chi connectivity index (χ3v) is 4.40. The molecule has 0 aliphatic carbocycles. The average Bonchev–Trinajstić information content (AvgIpc) is 2.93. The fourth-order valence-corrected chi connectivity index (χ4v) is 3.26. The molecule has 1 atom stereocenters. The lowest BCUT2D eigenvalue weighted by atomic mass is 10.0. The van der Waals surface area contributed by atoms with E-state index in [4.69, 9.17) is 4.74 Å². The smallest absolute Gasteiger partial charge is 0.293 e. The third kappa shape index (κ3) is 2.34. The van der Waals surface area contributed by atoms with Gasteiger partial charge in [-0.3, -0.25) is 10.1 Å². The van der Waals surface area contributed by atoms with E-state index < -0.39 is 0 Å². The highest BCUT2D eigenvalue weighted by molar-refractivity contribution is 7.18. The van der Waals surface area contributed by atoms with Gasteiger partial charge in [0.2, 0.25) is 0 Å². The molecule has 1 aromatic carbocycles. The first kappa shape index (κ1) is 13.3. The SMILES string of the molecule is Cc1nc2cc(NC3(C)CCOC3)c([N+](=O)[O-])cc2s1. The van der Waals surface area contributed by atoms with Gasteiger partial charge < -0.3 is 10.1 Å². The Balaban J connectivity index is 2.07. The molecule has 0 amide bonds. The molecule has 0 radical (unpaired) electrons. The Morgan fingerprint density at radius 3 is 3.00 bits per heavy atom. The highest BCUT2D eigenvalue weighted by Gasteiger charge is 2.32. The van der Waals surface area contributed by atoms with Crippen molar-refractivity contribution in [2.45, 2.75) is 25.8 Å². The standard InChI is InChI=1S/C13H15N3O3S/c1-8-14-10-5-9(15-13(2)3-4-19-7-13)11(16(17)18)6-12(10)20-8/h5-6,15H,3-4,7H2,1-2H3. The van der Waals surface area contributed by atoms with Crippen molar-refractivity contribution in [2.24, 2.45) is 0 Å². The number of thiazole rings is 1. The second kappa shape index (κ2) is 4.68. The van der Waals surface area contributed by atoms with Crippen molar-refractivity contribution in [3.8, 4) is 0 Å². The molecule has 20 heavy (non-hydrogen) atoms. The lowest BCUT2D eigenvalue weighted by Gasteiger charge is -2.24. The van der Waals surface area contributed by atoms with E-state index in [-0.39, 0.29) is 16.1 Å². The fourth-order valence-electron chi connectivity index (χ4n) is 2.42. The number of ether oxygens (including phenoxy) is 1. The molecule has 1 fully saturated rings. The van der Waals surface area contributed by atoms with Crippen LogP contribution >= 0.6 is 11.3 Å². The maximum Gasteiger partial charge on any atom is 0.293 e. The predicted molar refractivity (Wildman–Crippen MR) is 78.5 cm³/mol. The molecule has 0 saturated carbocycles. The van der Waals surface area contributed by atoms with Crippen LogP contribution in [0.25, 0.3) is 10.2 Å². The van der Waals surface area contributed by atoms with Gasteiger partial charge in [-0.05, 0) is 26.3 Å². The molecule has 0 spiro atoms. The van der Waals surface area contributed by atoms with Gasteiger partial charge in [-0.2, -0.15) is 0 Å². The molecule has 106 valence electrons. The zero-order chi connectivity index (χ0) is 14.3. The van der Waals surface area contributed by atoms with Gasteiger partial charge in [-0.1, -0.05) is 0 Å². The van der Waals surface area contributed by atoms with E-state index in [1.165, 1.54) is 11.3 Å². The predicted octanol–water partition coefficient (Wildman–Crippen LogP) is 3.10. The Labute approximate surface area is 119 Å². The van der Waals surface area contributed by atoms with E-state index >= 15 is 0 Å². The summed E-state index contributed by atoms with van der Waals surface area (Å²) in [5.41, 5.74) is 1.14. The monoisotopic (exact) mass is 293 g/mol. The minimum Gasteiger partial charge on any atom is -0.379 e. The minimum absolute atomic E-state index is 0.0919. The lowest BCUT2D eigenvalue weighted by molar-refractivity contribution is -0.383. The van der Waals surface area contributed by atoms with E-state index in [0.717, 1.165) is 21.6 Å². The summed E-state index contributed by atoms with van der Waals surface area (Å²) >= 11 is 1.47. The van der Waals surface area contributed by atoms with Gasteiger partial charge in [-0.15, -0.1) is 11.3 Å². The lowest BCUT2D eigenvalue weighted by Crippen LogP contribution is -2.35. The fraction of sp³-hybridized carbons (Fsp3) is 0.462. The number of anilines is 1. The van der Waals surface area contributed by atoms with E-state index in [0.29, 0.717) is 18.9 Å². The van der Waals surface area contributed by atoms with Gasteiger partial charge in [0.25, 0.3) is 5.69 Å². The number of rotatable bonds is 3. The third-order valence-electron chi connectivity index (χ3n) is 3.46. The van der Waals surface area contributed by atoms with Crippen LogP contribution < -0.4 is 5.32 Å². The Kier molecular flexibility index (Phi) is 3.10. The van der Waals surface area contributed by atoms with Crippen molar-refractivity contribution < 1.29 is 9.66 Å². The average molecular weight is 293 g/mol. The molecule has 2 heterocycles. The maximum atomic E-state index is 11.3. The van der Waals surface area contributed by atoms with Gasteiger partial charge in [-0.25, -0.2) is 4.98 Å². The molecule has 1 aromatic heterocycles. The molecular weight excluding hydrogens is 278 g/mol. The number of nitro benzene ring substituents is 1. The maximum absolute atomic E-state index is 11.3. The topological polar surface area (TPSA) is 77.3 Å². The van der Waals surface area contributed by atoms with Crippen LogP contribution in [0.2, 0.25) is 0 Å². The largest absolute Gasteiger partial charge is 0.379 e. The van der Waals surface area contributed by atoms with Crippen LogP contribution in [0.3, 0.4) is 0 Å². The van der Waals surface area contributed by atoms with Crippen LogP contribution in [0.1, 0.15) is 18.4 Å². The van der Waals surface area contributed by atoms with Gasteiger partial charge in [0.15, 0.2) is 0 Å². The van der Waals surface area contributed by atoms with Crippen LogP contribution in [-0.4, -0.2) is 28.7 Å². The zero-order valence-electron chi connectivity index (χ0n) is 11.3. The number of aryl methyl sites for hydroxylation is 1. The Morgan fingerprint density at radius 1 is 1.55 bits per heavy atom.